The fraction of sp³-hybridized carbons (Fsp3) is 0.814. The SMILES string of the molecule is C/C=C/C[C@@H](C)[C@@H](O)[C@H]1C(=O)N[C@@H](CC)C(=O)N(C)[C@H](C)C(=O)N(C)[C@@H]([C@H](C)CN2CCN(C)CC2)C(=O)C[C@@H](C(C)C)C(=O)N(C)[C@@H](CC(C)C)C(=O)C[C@@H](C)C(=O)C[C@H](C)C(=O)N(C)[C@@H](CC(C)C)C(=O)N(C)[C@@H](CC(C)C)C(=O)N(C)[C@@H](C(C)C)C(=O)N1C. The van der Waals surface area contributed by atoms with E-state index >= 15 is 33.6 Å². The molecule has 0 aromatic rings. The minimum atomic E-state index is -1.61. The van der Waals surface area contributed by atoms with Crippen molar-refractivity contribution in [1.82, 2.24) is 49.4 Å². The van der Waals surface area contributed by atoms with Crippen molar-refractivity contribution in [2.24, 2.45) is 59.2 Å². The number of hydrogen-bond donors (Lipinski definition) is 2. The number of ketones is 3. The second-order valence-electron chi connectivity index (χ2n) is 29.3. The van der Waals surface area contributed by atoms with Gasteiger partial charge in [-0.1, -0.05) is 116 Å². The fourth-order valence-corrected chi connectivity index (χ4v) is 13.1. The summed E-state index contributed by atoms with van der Waals surface area (Å²) in [7, 11) is 12.4. The largest absolute Gasteiger partial charge is 0.390 e. The molecule has 22 nitrogen and oxygen atoms in total. The summed E-state index contributed by atoms with van der Waals surface area (Å²) in [6, 6.07) is -9.59. The highest BCUT2D eigenvalue weighted by Gasteiger charge is 2.47. The Balaban J connectivity index is 3.05. The molecule has 0 spiro atoms. The van der Waals surface area contributed by atoms with Crippen LogP contribution in [-0.4, -0.2) is 257 Å². The molecular weight excluding hydrogens is 1170 g/mol. The summed E-state index contributed by atoms with van der Waals surface area (Å²) < 4.78 is 0. The van der Waals surface area contributed by atoms with Gasteiger partial charge in [0.2, 0.25) is 47.3 Å². The summed E-state index contributed by atoms with van der Waals surface area (Å²) in [5, 5.41) is 15.1. The van der Waals surface area contributed by atoms with Gasteiger partial charge < -0.3 is 54.5 Å². The summed E-state index contributed by atoms with van der Waals surface area (Å²) in [5.41, 5.74) is 0. The molecule has 0 radical (unpaired) electrons. The number of allylic oxidation sites excluding steroid dienone is 2. The van der Waals surface area contributed by atoms with E-state index in [1.54, 1.807) is 54.7 Å². The Morgan fingerprint density at radius 2 is 0.935 bits per heavy atom. The molecule has 0 saturated carbocycles. The van der Waals surface area contributed by atoms with Crippen LogP contribution in [0.2, 0.25) is 0 Å². The van der Waals surface area contributed by atoms with Gasteiger partial charge in [0, 0.05) is 119 Å². The molecule has 2 fully saturated rings. The topological polar surface area (TPSA) is 249 Å². The average Bonchev–Trinajstić information content (AvgIpc) is 0.834. The second kappa shape index (κ2) is 37.5. The monoisotopic (exact) mass is 1300 g/mol. The highest BCUT2D eigenvalue weighted by Crippen LogP contribution is 2.30. The average molecular weight is 1300 g/mol. The third-order valence-electron chi connectivity index (χ3n) is 19.4. The molecule has 92 heavy (non-hydrogen) atoms. The lowest BCUT2D eigenvalue weighted by Gasteiger charge is -2.41. The van der Waals surface area contributed by atoms with Crippen LogP contribution in [0.4, 0.5) is 0 Å². The summed E-state index contributed by atoms with van der Waals surface area (Å²) in [6.45, 7) is 34.0. The van der Waals surface area contributed by atoms with Crippen LogP contribution in [0, 0.1) is 59.2 Å². The van der Waals surface area contributed by atoms with Crippen LogP contribution in [0.25, 0.3) is 0 Å². The van der Waals surface area contributed by atoms with Crippen LogP contribution in [0.5, 0.6) is 0 Å². The van der Waals surface area contributed by atoms with Crippen molar-refractivity contribution >= 4 is 64.6 Å². The lowest BCUT2D eigenvalue weighted by atomic mass is 9.83. The summed E-state index contributed by atoms with van der Waals surface area (Å²) in [5.74, 6) is -11.1. The number of piperazine rings is 1. The minimum Gasteiger partial charge on any atom is -0.390 e. The van der Waals surface area contributed by atoms with E-state index in [2.05, 4.69) is 15.1 Å². The van der Waals surface area contributed by atoms with Gasteiger partial charge >= 0.3 is 0 Å². The first-order valence-electron chi connectivity index (χ1n) is 34.1. The standard InChI is InChI=1S/C70H124N10O12/c1-26-28-29-46(13)62(84)61-63(85)71-52(27-2)67(89)73(19)50(17)65(87)78(24)60(49(16)40-80-32-30-72(18)31-33-80)58(83)39-51(44(9)10)66(88)74(20)53(34-41(3)4)57(82)37-47(14)56(81)38-48(15)64(86)75(21)54(35-42(5)6)68(90)76(22)55(36-43(7)8)69(91)77(23)59(45(11)12)70(92)79(61)25/h26,28,41-55,59-62,84H,27,29-40H2,1-25H3,(H,71,85)/b28-26+/t46-,47-,48+,49-,50-,51+,52+,53+,54+,55+,59+,60+,61+,62-/m1/s1. The molecule has 14 atom stereocenters. The number of Topliss-reactive ketones (excluding diaryl/α,β-unsaturated/α-hetero) is 3. The van der Waals surface area contributed by atoms with Gasteiger partial charge in [-0.2, -0.15) is 0 Å². The van der Waals surface area contributed by atoms with Crippen LogP contribution in [0.15, 0.2) is 12.2 Å². The number of nitrogens with one attached hydrogen (secondary N) is 1. The van der Waals surface area contributed by atoms with Gasteiger partial charge in [-0.05, 0) is 94.4 Å². The van der Waals surface area contributed by atoms with E-state index in [0.717, 1.165) is 31.1 Å². The Bertz CT molecular complexity index is 2530. The predicted molar refractivity (Wildman–Crippen MR) is 360 cm³/mol. The lowest BCUT2D eigenvalue weighted by molar-refractivity contribution is -0.157. The number of hydrogen-bond acceptors (Lipinski definition) is 14. The molecule has 2 N–H and O–H groups in total. The molecular formula is C70H124N10O12. The number of aliphatic hydroxyl groups is 1. The zero-order valence-electron chi connectivity index (χ0n) is 61.3. The molecule has 2 aliphatic rings. The maximum Gasteiger partial charge on any atom is 0.246 e. The fourth-order valence-electron chi connectivity index (χ4n) is 13.1. The highest BCUT2D eigenvalue weighted by molar-refractivity contribution is 6.00. The van der Waals surface area contributed by atoms with Crippen LogP contribution in [0.3, 0.4) is 0 Å². The second-order valence-corrected chi connectivity index (χ2v) is 29.3. The third kappa shape index (κ3) is 22.3. The molecule has 2 saturated heterocycles. The van der Waals surface area contributed by atoms with Crippen molar-refractivity contribution in [3.63, 3.8) is 0 Å². The van der Waals surface area contributed by atoms with E-state index in [-0.39, 0.29) is 80.0 Å². The Labute approximate surface area is 553 Å². The quantitative estimate of drug-likeness (QED) is 0.174. The van der Waals surface area contributed by atoms with Crippen LogP contribution < -0.4 is 5.32 Å². The number of carbonyl (C=O) groups is 11. The molecule has 0 aliphatic carbocycles. The molecule has 0 unspecified atom stereocenters. The Morgan fingerprint density at radius 3 is 1.41 bits per heavy atom. The van der Waals surface area contributed by atoms with Crippen molar-refractivity contribution in [2.75, 3.05) is 89.1 Å². The van der Waals surface area contributed by atoms with Crippen molar-refractivity contribution in [3.05, 3.63) is 12.2 Å². The van der Waals surface area contributed by atoms with Gasteiger partial charge in [-0.3, -0.25) is 52.7 Å². The molecule has 526 valence electrons. The Hall–Kier alpha value is -5.61. The number of aliphatic hydroxyl groups excluding tert-OH is 1. The normalized spacial score (nSPS) is 28.6. The number of nitrogens with zero attached hydrogens (tertiary/aromatic N) is 9. The lowest BCUT2D eigenvalue weighted by Crippen LogP contribution is -2.63. The Kier molecular flexibility index (Phi) is 33.6. The zero-order chi connectivity index (χ0) is 70.8. The van der Waals surface area contributed by atoms with Gasteiger partial charge in [0.05, 0.1) is 18.2 Å². The predicted octanol–water partition coefficient (Wildman–Crippen LogP) is 5.77. The molecule has 0 bridgehead atoms. The van der Waals surface area contributed by atoms with Crippen LogP contribution in [0.1, 0.15) is 169 Å². The number of amides is 8. The van der Waals surface area contributed by atoms with E-state index in [1.807, 2.05) is 82.4 Å². The molecule has 22 heteroatoms. The molecule has 8 amide bonds. The molecule has 0 aromatic heterocycles. The summed E-state index contributed by atoms with van der Waals surface area (Å²) in [6.07, 6.45) is 2.34. The van der Waals surface area contributed by atoms with Crippen molar-refractivity contribution in [2.45, 2.75) is 224 Å². The van der Waals surface area contributed by atoms with Crippen LogP contribution in [-0.2, 0) is 52.7 Å². The molecule has 2 heterocycles. The van der Waals surface area contributed by atoms with Gasteiger partial charge in [-0.15, -0.1) is 0 Å². The maximum absolute atomic E-state index is 15.3. The molecule has 0 aromatic carbocycles. The van der Waals surface area contributed by atoms with E-state index in [9.17, 15) is 24.3 Å². The summed E-state index contributed by atoms with van der Waals surface area (Å²) >= 11 is 0. The summed E-state index contributed by atoms with van der Waals surface area (Å²) in [4.78, 5) is 178. The molecule has 2 aliphatic heterocycles. The Morgan fingerprint density at radius 1 is 0.478 bits per heavy atom. The first kappa shape index (κ1) is 82.5. The first-order valence-corrected chi connectivity index (χ1v) is 34.1. The van der Waals surface area contributed by atoms with Gasteiger partial charge in [0.1, 0.15) is 42.0 Å². The van der Waals surface area contributed by atoms with E-state index in [0.29, 0.717) is 13.0 Å². The van der Waals surface area contributed by atoms with E-state index in [1.165, 1.54) is 78.6 Å². The number of carbonyl (C=O) groups excluding carboxylic acids is 11. The van der Waals surface area contributed by atoms with Crippen molar-refractivity contribution in [1.29, 1.82) is 0 Å². The van der Waals surface area contributed by atoms with Gasteiger partial charge in [0.25, 0.3) is 0 Å². The third-order valence-corrected chi connectivity index (χ3v) is 19.4. The number of likely N-dealkylation sites (N-methyl/N-ethyl adjacent to an activating group) is 8. The van der Waals surface area contributed by atoms with Crippen molar-refractivity contribution in [3.8, 4) is 0 Å². The highest BCUT2D eigenvalue weighted by atomic mass is 16.3. The smallest absolute Gasteiger partial charge is 0.246 e. The zero-order valence-corrected chi connectivity index (χ0v) is 61.3. The van der Waals surface area contributed by atoms with Gasteiger partial charge in [-0.25, -0.2) is 0 Å². The van der Waals surface area contributed by atoms with Gasteiger partial charge in [0.15, 0.2) is 11.6 Å². The van der Waals surface area contributed by atoms with Crippen molar-refractivity contribution < 1.29 is 57.8 Å². The van der Waals surface area contributed by atoms with E-state index < -0.39 is 143 Å². The first-order chi connectivity index (χ1) is 42.6. The molecule has 2 rings (SSSR count). The van der Waals surface area contributed by atoms with Crippen LogP contribution >= 0.6 is 0 Å². The van der Waals surface area contributed by atoms with E-state index in [4.69, 9.17) is 0 Å². The number of rotatable bonds is 16. The minimum absolute atomic E-state index is 0.0274. The maximum atomic E-state index is 15.3.